The van der Waals surface area contributed by atoms with Gasteiger partial charge in [-0.3, -0.25) is 0 Å². The molecule has 6 nitrogen and oxygen atoms in total. The van der Waals surface area contributed by atoms with Gasteiger partial charge in [-0.2, -0.15) is 8.78 Å². The Kier molecular flexibility index (Phi) is 5.88. The predicted molar refractivity (Wildman–Crippen MR) is 71.0 cm³/mol. The molecule has 1 aromatic carbocycles. The Balaban J connectivity index is 2.92. The van der Waals surface area contributed by atoms with Crippen LogP contribution >= 0.6 is 11.6 Å². The summed E-state index contributed by atoms with van der Waals surface area (Å²) in [6.07, 6.45) is 0. The summed E-state index contributed by atoms with van der Waals surface area (Å²) in [7, 11) is -4.02. The molecule has 3 N–H and O–H groups in total. The first-order valence-corrected chi connectivity index (χ1v) is 7.51. The van der Waals surface area contributed by atoms with Crippen LogP contribution in [0.5, 0.6) is 5.75 Å². The fourth-order valence-electron chi connectivity index (χ4n) is 1.23. The zero-order chi connectivity index (χ0) is 16.3. The number of halogens is 3. The zero-order valence-electron chi connectivity index (χ0n) is 10.9. The van der Waals surface area contributed by atoms with Crippen LogP contribution in [-0.2, 0) is 10.0 Å². The van der Waals surface area contributed by atoms with Crippen LogP contribution in [0.15, 0.2) is 23.1 Å². The third kappa shape index (κ3) is 5.36. The largest absolute Gasteiger partial charge is 0.433 e. The Morgan fingerprint density at radius 2 is 2.10 bits per heavy atom. The summed E-state index contributed by atoms with van der Waals surface area (Å²) in [6, 6.07) is 2.96. The molecule has 120 valence electrons. The highest BCUT2D eigenvalue weighted by Gasteiger charge is 2.24. The van der Waals surface area contributed by atoms with E-state index in [1.165, 1.54) is 6.92 Å². The van der Waals surface area contributed by atoms with Crippen LogP contribution in [0.25, 0.3) is 0 Å². The van der Waals surface area contributed by atoms with Gasteiger partial charge in [0.1, 0.15) is 5.75 Å². The maximum Gasteiger partial charge on any atom is 0.387 e. The van der Waals surface area contributed by atoms with Crippen LogP contribution in [0.4, 0.5) is 8.78 Å². The Hall–Kier alpha value is -1.00. The van der Waals surface area contributed by atoms with Gasteiger partial charge in [-0.05, 0) is 25.1 Å². The van der Waals surface area contributed by atoms with Gasteiger partial charge in [-0.1, -0.05) is 11.6 Å². The molecular weight excluding hydrogens is 332 g/mol. The quantitative estimate of drug-likeness (QED) is 0.684. The molecule has 10 heteroatoms. The number of hydrogen-bond acceptors (Lipinski definition) is 5. The first-order chi connectivity index (χ1) is 9.57. The lowest BCUT2D eigenvalue weighted by atomic mass is 10.1. The van der Waals surface area contributed by atoms with Gasteiger partial charge in [-0.25, -0.2) is 13.1 Å². The lowest BCUT2D eigenvalue weighted by molar-refractivity contribution is -0.0498. The number of alkyl halides is 2. The molecule has 0 spiro atoms. The van der Waals surface area contributed by atoms with Crippen LogP contribution in [0.3, 0.4) is 0 Å². The van der Waals surface area contributed by atoms with Gasteiger partial charge in [0.05, 0.1) is 22.1 Å². The fraction of sp³-hybridized carbons (Fsp3) is 0.455. The third-order valence-electron chi connectivity index (χ3n) is 2.41. The molecule has 21 heavy (non-hydrogen) atoms. The number of aliphatic hydroxyl groups excluding tert-OH is 1. The second kappa shape index (κ2) is 6.84. The summed E-state index contributed by atoms with van der Waals surface area (Å²) >= 11 is 5.66. The van der Waals surface area contributed by atoms with Crippen molar-refractivity contribution in [3.63, 3.8) is 0 Å². The van der Waals surface area contributed by atoms with Crippen LogP contribution in [0.2, 0.25) is 5.02 Å². The van der Waals surface area contributed by atoms with Crippen LogP contribution in [0.1, 0.15) is 6.92 Å². The van der Waals surface area contributed by atoms with Crippen molar-refractivity contribution in [1.29, 1.82) is 0 Å². The molecule has 0 aliphatic rings. The third-order valence-corrected chi connectivity index (χ3v) is 4.11. The van der Waals surface area contributed by atoms with E-state index in [-0.39, 0.29) is 15.7 Å². The minimum atomic E-state index is -4.02. The molecule has 0 saturated carbocycles. The Morgan fingerprint density at radius 1 is 1.48 bits per heavy atom. The van der Waals surface area contributed by atoms with Crippen LogP contribution < -0.4 is 9.46 Å². The lowest BCUT2D eigenvalue weighted by Gasteiger charge is -2.20. The Labute approximate surface area is 125 Å². The van der Waals surface area contributed by atoms with Gasteiger partial charge < -0.3 is 14.9 Å². The van der Waals surface area contributed by atoms with Crippen molar-refractivity contribution >= 4 is 21.6 Å². The number of benzene rings is 1. The summed E-state index contributed by atoms with van der Waals surface area (Å²) in [5.41, 5.74) is -1.63. The summed E-state index contributed by atoms with van der Waals surface area (Å²) in [6.45, 7) is -2.92. The molecule has 0 aliphatic carbocycles. The molecule has 1 atom stereocenters. The van der Waals surface area contributed by atoms with Gasteiger partial charge >= 0.3 is 6.61 Å². The average molecular weight is 346 g/mol. The SMILES string of the molecule is CC(O)(CO)CNS(=O)(=O)c1ccc(OC(F)F)c(Cl)c1. The summed E-state index contributed by atoms with van der Waals surface area (Å²) < 4.78 is 54.1. The standard InChI is InChI=1S/C11H14ClF2NO5S/c1-11(17,6-16)5-15-21(18,19)7-2-3-9(8(12)4-7)20-10(13)14/h2-4,10,15-17H,5-6H2,1H3. The second-order valence-electron chi connectivity index (χ2n) is 4.45. The highest BCUT2D eigenvalue weighted by Crippen LogP contribution is 2.28. The van der Waals surface area contributed by atoms with E-state index < -0.39 is 35.4 Å². The molecule has 1 rings (SSSR count). The summed E-state index contributed by atoms with van der Waals surface area (Å²) in [4.78, 5) is -0.289. The molecule has 0 saturated heterocycles. The van der Waals surface area contributed by atoms with Gasteiger partial charge in [0.15, 0.2) is 0 Å². The molecule has 1 aromatic rings. The maximum atomic E-state index is 12.1. The van der Waals surface area contributed by atoms with Gasteiger partial charge in [0, 0.05) is 6.54 Å². The molecule has 0 radical (unpaired) electrons. The molecule has 0 aliphatic heterocycles. The lowest BCUT2D eigenvalue weighted by Crippen LogP contribution is -2.43. The van der Waals surface area contributed by atoms with Gasteiger partial charge in [0.25, 0.3) is 0 Å². The minimum absolute atomic E-state index is 0.289. The Morgan fingerprint density at radius 3 is 2.57 bits per heavy atom. The normalized spacial score (nSPS) is 15.0. The minimum Gasteiger partial charge on any atom is -0.433 e. The van der Waals surface area contributed by atoms with E-state index in [2.05, 4.69) is 9.46 Å². The number of nitrogens with one attached hydrogen (secondary N) is 1. The van der Waals surface area contributed by atoms with E-state index in [1.54, 1.807) is 0 Å². The van der Waals surface area contributed by atoms with Crippen molar-refractivity contribution in [3.05, 3.63) is 23.2 Å². The first-order valence-electron chi connectivity index (χ1n) is 5.65. The zero-order valence-corrected chi connectivity index (χ0v) is 12.5. The monoisotopic (exact) mass is 345 g/mol. The van der Waals surface area contributed by atoms with Crippen molar-refractivity contribution in [2.45, 2.75) is 24.0 Å². The van der Waals surface area contributed by atoms with E-state index in [4.69, 9.17) is 16.7 Å². The van der Waals surface area contributed by atoms with Crippen molar-refractivity contribution in [1.82, 2.24) is 4.72 Å². The van der Waals surface area contributed by atoms with Crippen LogP contribution in [-0.4, -0.2) is 44.0 Å². The smallest absolute Gasteiger partial charge is 0.387 e. The van der Waals surface area contributed by atoms with E-state index in [0.29, 0.717) is 0 Å². The second-order valence-corrected chi connectivity index (χ2v) is 6.62. The van der Waals surface area contributed by atoms with E-state index in [9.17, 15) is 22.3 Å². The maximum absolute atomic E-state index is 12.1. The molecular formula is C11H14ClF2NO5S. The number of aliphatic hydroxyl groups is 2. The average Bonchev–Trinajstić information content (AvgIpc) is 2.38. The van der Waals surface area contributed by atoms with Crippen molar-refractivity contribution in [3.8, 4) is 5.75 Å². The summed E-state index contributed by atoms with van der Waals surface area (Å²) in [5, 5.41) is 18.1. The molecule has 0 fully saturated rings. The van der Waals surface area contributed by atoms with Crippen LogP contribution in [0, 0.1) is 0 Å². The highest BCUT2D eigenvalue weighted by atomic mass is 35.5. The number of sulfonamides is 1. The number of rotatable bonds is 7. The van der Waals surface area contributed by atoms with E-state index in [0.717, 1.165) is 18.2 Å². The summed E-state index contributed by atoms with van der Waals surface area (Å²) in [5.74, 6) is -0.354. The fourth-order valence-corrected chi connectivity index (χ4v) is 2.71. The molecule has 1 unspecified atom stereocenters. The first kappa shape index (κ1) is 18.1. The van der Waals surface area contributed by atoms with Crippen molar-refractivity contribution in [2.75, 3.05) is 13.2 Å². The van der Waals surface area contributed by atoms with Gasteiger partial charge in [0.2, 0.25) is 10.0 Å². The molecule has 0 heterocycles. The van der Waals surface area contributed by atoms with Crippen molar-refractivity contribution in [2.24, 2.45) is 0 Å². The topological polar surface area (TPSA) is 95.9 Å². The number of hydrogen-bond donors (Lipinski definition) is 3. The van der Waals surface area contributed by atoms with Crippen molar-refractivity contribution < 1.29 is 32.1 Å². The Bertz CT molecular complexity index is 594. The van der Waals surface area contributed by atoms with Gasteiger partial charge in [-0.15, -0.1) is 0 Å². The highest BCUT2D eigenvalue weighted by molar-refractivity contribution is 7.89. The van der Waals surface area contributed by atoms with E-state index in [1.807, 2.05) is 0 Å². The predicted octanol–water partition coefficient (Wildman–Crippen LogP) is 0.963. The molecule has 0 aromatic heterocycles. The number of ether oxygens (including phenoxy) is 1. The molecule has 0 amide bonds. The van der Waals surface area contributed by atoms with E-state index >= 15 is 0 Å². The molecule has 0 bridgehead atoms.